The third kappa shape index (κ3) is 4.78. The Morgan fingerprint density at radius 3 is 2.94 bits per heavy atom. The van der Waals surface area contributed by atoms with E-state index in [-0.39, 0.29) is 0 Å². The molecule has 2 rings (SSSR count). The van der Waals surface area contributed by atoms with Gasteiger partial charge >= 0.3 is 0 Å². The number of thiophene rings is 1. The van der Waals surface area contributed by atoms with Crippen LogP contribution in [0.3, 0.4) is 0 Å². The molecular weight excluding hydrogens is 228 g/mol. The van der Waals surface area contributed by atoms with Gasteiger partial charge in [0, 0.05) is 17.5 Å². The van der Waals surface area contributed by atoms with Gasteiger partial charge in [-0.1, -0.05) is 13.0 Å². The Kier molecular flexibility index (Phi) is 5.49. The van der Waals surface area contributed by atoms with E-state index in [0.717, 1.165) is 12.6 Å². The van der Waals surface area contributed by atoms with Gasteiger partial charge in [-0.25, -0.2) is 0 Å². The minimum atomic E-state index is 0.885. The lowest BCUT2D eigenvalue weighted by Crippen LogP contribution is -2.27. The van der Waals surface area contributed by atoms with Gasteiger partial charge in [0.2, 0.25) is 0 Å². The molecule has 0 amide bonds. The van der Waals surface area contributed by atoms with Gasteiger partial charge in [-0.3, -0.25) is 4.90 Å². The van der Waals surface area contributed by atoms with Crippen molar-refractivity contribution in [3.63, 3.8) is 0 Å². The lowest BCUT2D eigenvalue weighted by Gasteiger charge is -2.21. The summed E-state index contributed by atoms with van der Waals surface area (Å²) in [7, 11) is 0. The minimum Gasteiger partial charge on any atom is -0.317 e. The van der Waals surface area contributed by atoms with Gasteiger partial charge in [-0.2, -0.15) is 0 Å². The first-order valence-corrected chi connectivity index (χ1v) is 7.75. The Morgan fingerprint density at radius 1 is 1.41 bits per heavy atom. The monoisotopic (exact) mass is 252 g/mol. The summed E-state index contributed by atoms with van der Waals surface area (Å²) in [5.41, 5.74) is 0. The Bertz CT molecular complexity index is 293. The molecule has 0 aliphatic heterocycles. The molecule has 0 atom stereocenters. The highest BCUT2D eigenvalue weighted by molar-refractivity contribution is 7.09. The second-order valence-corrected chi connectivity index (χ2v) is 5.87. The molecule has 1 aromatic heterocycles. The van der Waals surface area contributed by atoms with E-state index in [4.69, 9.17) is 0 Å². The van der Waals surface area contributed by atoms with Crippen LogP contribution < -0.4 is 5.32 Å². The molecule has 0 saturated heterocycles. The van der Waals surface area contributed by atoms with E-state index in [9.17, 15) is 0 Å². The van der Waals surface area contributed by atoms with Crippen LogP contribution in [0.2, 0.25) is 0 Å². The van der Waals surface area contributed by atoms with E-state index in [0.29, 0.717) is 0 Å². The molecule has 1 fully saturated rings. The Morgan fingerprint density at radius 2 is 2.29 bits per heavy atom. The van der Waals surface area contributed by atoms with Gasteiger partial charge in [0.1, 0.15) is 0 Å². The van der Waals surface area contributed by atoms with Crippen molar-refractivity contribution in [2.24, 2.45) is 0 Å². The molecule has 0 spiro atoms. The van der Waals surface area contributed by atoms with E-state index in [2.05, 4.69) is 34.7 Å². The zero-order valence-electron chi connectivity index (χ0n) is 10.8. The van der Waals surface area contributed by atoms with Gasteiger partial charge in [0.05, 0.1) is 0 Å². The normalized spacial score (nSPS) is 15.6. The molecule has 0 radical (unpaired) electrons. The van der Waals surface area contributed by atoms with Crippen molar-refractivity contribution in [2.45, 2.75) is 45.2 Å². The molecule has 1 aliphatic rings. The second-order valence-electron chi connectivity index (χ2n) is 4.84. The lowest BCUT2D eigenvalue weighted by molar-refractivity contribution is 0.251. The highest BCUT2D eigenvalue weighted by atomic mass is 32.1. The maximum absolute atomic E-state index is 3.40. The van der Waals surface area contributed by atoms with E-state index >= 15 is 0 Å². The number of rotatable bonds is 9. The van der Waals surface area contributed by atoms with Crippen molar-refractivity contribution >= 4 is 11.3 Å². The van der Waals surface area contributed by atoms with E-state index in [1.807, 2.05) is 11.3 Å². The SMILES string of the molecule is CCNCCCCN(Cc1cccs1)C1CC1. The van der Waals surface area contributed by atoms with Crippen molar-refractivity contribution in [1.82, 2.24) is 10.2 Å². The quantitative estimate of drug-likeness (QED) is 0.679. The molecule has 0 bridgehead atoms. The molecule has 0 aromatic carbocycles. The predicted molar refractivity (Wildman–Crippen MR) is 75.5 cm³/mol. The fourth-order valence-electron chi connectivity index (χ4n) is 2.17. The molecular formula is C14H24N2S. The van der Waals surface area contributed by atoms with Crippen molar-refractivity contribution in [1.29, 1.82) is 0 Å². The molecule has 2 nitrogen and oxygen atoms in total. The summed E-state index contributed by atoms with van der Waals surface area (Å²) < 4.78 is 0. The van der Waals surface area contributed by atoms with Crippen LogP contribution in [-0.2, 0) is 6.54 Å². The van der Waals surface area contributed by atoms with Gasteiger partial charge in [-0.15, -0.1) is 11.3 Å². The van der Waals surface area contributed by atoms with Crippen molar-refractivity contribution in [3.8, 4) is 0 Å². The van der Waals surface area contributed by atoms with Crippen LogP contribution in [0.4, 0.5) is 0 Å². The average molecular weight is 252 g/mol. The van der Waals surface area contributed by atoms with Crippen LogP contribution in [0.1, 0.15) is 37.5 Å². The first-order chi connectivity index (χ1) is 8.40. The number of nitrogens with one attached hydrogen (secondary N) is 1. The molecule has 1 saturated carbocycles. The highest BCUT2D eigenvalue weighted by Crippen LogP contribution is 2.29. The summed E-state index contributed by atoms with van der Waals surface area (Å²) in [4.78, 5) is 4.20. The molecule has 17 heavy (non-hydrogen) atoms. The number of hydrogen-bond donors (Lipinski definition) is 1. The zero-order valence-corrected chi connectivity index (χ0v) is 11.6. The summed E-state index contributed by atoms with van der Waals surface area (Å²) in [6, 6.07) is 5.31. The molecule has 3 heteroatoms. The molecule has 0 unspecified atom stereocenters. The van der Waals surface area contributed by atoms with Crippen LogP contribution in [-0.4, -0.2) is 30.6 Å². The van der Waals surface area contributed by atoms with Crippen molar-refractivity contribution in [2.75, 3.05) is 19.6 Å². The third-order valence-electron chi connectivity index (χ3n) is 3.30. The summed E-state index contributed by atoms with van der Waals surface area (Å²) >= 11 is 1.89. The van der Waals surface area contributed by atoms with Crippen LogP contribution in [0.5, 0.6) is 0 Å². The van der Waals surface area contributed by atoms with E-state index in [1.165, 1.54) is 50.2 Å². The largest absolute Gasteiger partial charge is 0.317 e. The standard InChI is InChI=1S/C14H24N2S/c1-2-15-9-3-4-10-16(13-7-8-13)12-14-6-5-11-17-14/h5-6,11,13,15H,2-4,7-10,12H2,1H3. The first kappa shape index (κ1) is 13.1. The van der Waals surface area contributed by atoms with Crippen LogP contribution in [0.15, 0.2) is 17.5 Å². The van der Waals surface area contributed by atoms with Crippen LogP contribution >= 0.6 is 11.3 Å². The molecule has 1 aromatic rings. The second kappa shape index (κ2) is 7.14. The average Bonchev–Trinajstić information content (AvgIpc) is 3.06. The fraction of sp³-hybridized carbons (Fsp3) is 0.714. The summed E-state index contributed by atoms with van der Waals surface area (Å²) in [5.74, 6) is 0. The van der Waals surface area contributed by atoms with Crippen molar-refractivity contribution in [3.05, 3.63) is 22.4 Å². The van der Waals surface area contributed by atoms with Crippen molar-refractivity contribution < 1.29 is 0 Å². The number of unbranched alkanes of at least 4 members (excludes halogenated alkanes) is 1. The zero-order chi connectivity index (χ0) is 11.9. The van der Waals surface area contributed by atoms with Gasteiger partial charge in [-0.05, 0) is 56.8 Å². The maximum atomic E-state index is 3.40. The Labute approximate surface area is 109 Å². The first-order valence-electron chi connectivity index (χ1n) is 6.87. The summed E-state index contributed by atoms with van der Waals surface area (Å²) in [6.45, 7) is 6.89. The third-order valence-corrected chi connectivity index (χ3v) is 4.16. The number of hydrogen-bond acceptors (Lipinski definition) is 3. The van der Waals surface area contributed by atoms with Crippen LogP contribution in [0, 0.1) is 0 Å². The number of nitrogens with zero attached hydrogens (tertiary/aromatic N) is 1. The van der Waals surface area contributed by atoms with E-state index in [1.54, 1.807) is 0 Å². The predicted octanol–water partition coefficient (Wildman–Crippen LogP) is 3.10. The molecule has 1 aliphatic carbocycles. The Hall–Kier alpha value is -0.380. The fourth-order valence-corrected chi connectivity index (χ4v) is 2.90. The summed E-state index contributed by atoms with van der Waals surface area (Å²) in [5, 5.41) is 5.58. The topological polar surface area (TPSA) is 15.3 Å². The maximum Gasteiger partial charge on any atom is 0.0330 e. The Balaban J connectivity index is 1.66. The highest BCUT2D eigenvalue weighted by Gasteiger charge is 2.28. The summed E-state index contributed by atoms with van der Waals surface area (Å²) in [6.07, 6.45) is 5.47. The van der Waals surface area contributed by atoms with Crippen LogP contribution in [0.25, 0.3) is 0 Å². The molecule has 1 N–H and O–H groups in total. The van der Waals surface area contributed by atoms with Gasteiger partial charge < -0.3 is 5.32 Å². The van der Waals surface area contributed by atoms with Gasteiger partial charge in [0.25, 0.3) is 0 Å². The minimum absolute atomic E-state index is 0.885. The van der Waals surface area contributed by atoms with Gasteiger partial charge in [0.15, 0.2) is 0 Å². The molecule has 1 heterocycles. The lowest BCUT2D eigenvalue weighted by atomic mass is 10.2. The molecule has 96 valence electrons. The van der Waals surface area contributed by atoms with E-state index < -0.39 is 0 Å². The smallest absolute Gasteiger partial charge is 0.0330 e.